The fourth-order valence-electron chi connectivity index (χ4n) is 1.27. The summed E-state index contributed by atoms with van der Waals surface area (Å²) in [5, 5.41) is 0. The zero-order valence-electron chi connectivity index (χ0n) is 8.85. The van der Waals surface area contributed by atoms with Gasteiger partial charge in [-0.2, -0.15) is 0 Å². The van der Waals surface area contributed by atoms with Crippen LogP contribution in [0.3, 0.4) is 0 Å². The molecule has 0 saturated heterocycles. The Labute approximate surface area is 117 Å². The van der Waals surface area contributed by atoms with Gasteiger partial charge >= 0.3 is 119 Å². The Hall–Kier alpha value is -0.117. The van der Waals surface area contributed by atoms with Crippen LogP contribution in [0.25, 0.3) is 0 Å². The van der Waals surface area contributed by atoms with Gasteiger partial charge in [0, 0.05) is 0 Å². The minimum atomic E-state index is -3.32. The van der Waals surface area contributed by atoms with E-state index in [0.717, 1.165) is 11.5 Å². The number of rotatable bonds is 4. The molecule has 0 aromatic heterocycles. The molecule has 88 valence electrons. The van der Waals surface area contributed by atoms with Gasteiger partial charge in [-0.15, -0.1) is 0 Å². The van der Waals surface area contributed by atoms with E-state index < -0.39 is 16.4 Å². The van der Waals surface area contributed by atoms with Crippen molar-refractivity contribution in [3.63, 3.8) is 0 Å². The molecule has 2 aromatic rings. The molecule has 0 bridgehead atoms. The Kier molecular flexibility index (Phi) is 4.83. The van der Waals surface area contributed by atoms with Gasteiger partial charge in [0.25, 0.3) is 0 Å². The molecule has 0 heterocycles. The zero-order chi connectivity index (χ0) is 12.1. The third-order valence-electron chi connectivity index (χ3n) is 1.96. The van der Waals surface area contributed by atoms with E-state index in [1.807, 2.05) is 60.7 Å². The van der Waals surface area contributed by atoms with Crippen LogP contribution in [-0.2, 0) is 16.4 Å². The van der Waals surface area contributed by atoms with Crippen molar-refractivity contribution in [2.45, 2.75) is 0 Å². The average Bonchev–Trinajstić information content (AvgIpc) is 2.30. The van der Waals surface area contributed by atoms with Gasteiger partial charge in [0.05, 0.1) is 0 Å². The van der Waals surface area contributed by atoms with E-state index in [9.17, 15) is 0 Å². The van der Waals surface area contributed by atoms with E-state index >= 15 is 0 Å². The second-order valence-corrected chi connectivity index (χ2v) is 25.2. The van der Waals surface area contributed by atoms with E-state index in [0.29, 0.717) is 0 Å². The molecule has 17 heavy (non-hydrogen) atoms. The van der Waals surface area contributed by atoms with Crippen molar-refractivity contribution in [3.8, 4) is 11.5 Å². The van der Waals surface area contributed by atoms with Crippen LogP contribution < -0.4 is 5.63 Å². The normalized spacial score (nSPS) is 10.9. The SMILES string of the molecule is [Br][Zr]([Br])([O]c1ccccc1)[O]c1ccccc1. The number of hydrogen-bond acceptors (Lipinski definition) is 2. The van der Waals surface area contributed by atoms with Crippen molar-refractivity contribution in [3.05, 3.63) is 60.7 Å². The summed E-state index contributed by atoms with van der Waals surface area (Å²) in [6, 6.07) is 19.2. The van der Waals surface area contributed by atoms with Gasteiger partial charge in [0.1, 0.15) is 0 Å². The van der Waals surface area contributed by atoms with Crippen molar-refractivity contribution in [2.75, 3.05) is 0 Å². The molecule has 5 heteroatoms. The Morgan fingerprint density at radius 2 is 1.00 bits per heavy atom. The second-order valence-electron chi connectivity index (χ2n) is 3.29. The molecule has 0 unspecified atom stereocenters. The summed E-state index contributed by atoms with van der Waals surface area (Å²) < 4.78 is 11.7. The Bertz CT molecular complexity index is 419. The monoisotopic (exact) mass is 434 g/mol. The summed E-state index contributed by atoms with van der Waals surface area (Å²) in [7, 11) is 0. The molecular formula is C12H10Br2O2Zr. The van der Waals surface area contributed by atoms with E-state index in [2.05, 4.69) is 24.4 Å². The standard InChI is InChI=1S/2C6H6O.2BrH.Zr/c2*7-6-4-2-1-3-5-6;;;/h2*1-5,7H;2*1H;/q;;;;+4/p-4. The fourth-order valence-corrected chi connectivity index (χ4v) is 7.82. The summed E-state index contributed by atoms with van der Waals surface area (Å²) >= 11 is 3.75. The number of halogens is 2. The van der Waals surface area contributed by atoms with Crippen molar-refractivity contribution in [2.24, 2.45) is 0 Å². The van der Waals surface area contributed by atoms with Gasteiger partial charge in [-0.05, 0) is 0 Å². The van der Waals surface area contributed by atoms with Crippen LogP contribution in [0, 0.1) is 0 Å². The molecule has 0 aliphatic rings. The van der Waals surface area contributed by atoms with Gasteiger partial charge in [-0.25, -0.2) is 0 Å². The predicted molar refractivity (Wildman–Crippen MR) is 72.0 cm³/mol. The van der Waals surface area contributed by atoms with Gasteiger partial charge in [0.2, 0.25) is 0 Å². The van der Waals surface area contributed by atoms with Gasteiger partial charge in [-0.1, -0.05) is 0 Å². The molecule has 0 saturated carbocycles. The molecule has 0 spiro atoms. The number of hydrogen-bond donors (Lipinski definition) is 0. The Morgan fingerprint density at radius 1 is 0.647 bits per heavy atom. The van der Waals surface area contributed by atoms with E-state index in [1.54, 1.807) is 0 Å². The average molecular weight is 437 g/mol. The van der Waals surface area contributed by atoms with Crippen LogP contribution in [0.15, 0.2) is 60.7 Å². The summed E-state index contributed by atoms with van der Waals surface area (Å²) in [4.78, 5) is 0. The molecule has 0 atom stereocenters. The van der Waals surface area contributed by atoms with Crippen LogP contribution >= 0.6 is 24.4 Å². The number of para-hydroxylation sites is 2. The fraction of sp³-hybridized carbons (Fsp3) is 0. The molecule has 2 aromatic carbocycles. The van der Waals surface area contributed by atoms with Crippen molar-refractivity contribution in [1.29, 1.82) is 0 Å². The van der Waals surface area contributed by atoms with Crippen LogP contribution in [0.5, 0.6) is 11.5 Å². The summed E-state index contributed by atoms with van der Waals surface area (Å²) in [6.07, 6.45) is 0. The van der Waals surface area contributed by atoms with Crippen LogP contribution in [0.4, 0.5) is 0 Å². The molecule has 0 amide bonds. The molecule has 0 aliphatic carbocycles. The summed E-state index contributed by atoms with van der Waals surface area (Å²) in [5.41, 5.74) is 0. The van der Waals surface area contributed by atoms with Crippen molar-refractivity contribution in [1.82, 2.24) is 0 Å². The summed E-state index contributed by atoms with van der Waals surface area (Å²) in [6.45, 7) is 0. The van der Waals surface area contributed by atoms with Crippen molar-refractivity contribution < 1.29 is 22.1 Å². The first kappa shape index (κ1) is 13.3. The zero-order valence-corrected chi connectivity index (χ0v) is 14.5. The maximum absolute atomic E-state index is 5.83. The van der Waals surface area contributed by atoms with Crippen LogP contribution in [0.2, 0.25) is 0 Å². The minimum absolute atomic E-state index is 0.799. The van der Waals surface area contributed by atoms with E-state index in [1.165, 1.54) is 0 Å². The topological polar surface area (TPSA) is 18.5 Å². The second kappa shape index (κ2) is 6.17. The molecular weight excluding hydrogens is 427 g/mol. The van der Waals surface area contributed by atoms with Crippen LogP contribution in [0.1, 0.15) is 0 Å². The summed E-state index contributed by atoms with van der Waals surface area (Å²) in [5.74, 6) is 1.60. The third-order valence-corrected chi connectivity index (χ3v) is 8.12. The first-order chi connectivity index (χ1) is 8.16. The number of benzene rings is 2. The molecule has 0 fully saturated rings. The first-order valence-electron chi connectivity index (χ1n) is 5.02. The molecule has 0 radical (unpaired) electrons. The maximum atomic E-state index is 5.83. The molecule has 2 rings (SSSR count). The Morgan fingerprint density at radius 3 is 1.35 bits per heavy atom. The van der Waals surface area contributed by atoms with E-state index in [-0.39, 0.29) is 0 Å². The quantitative estimate of drug-likeness (QED) is 0.688. The predicted octanol–water partition coefficient (Wildman–Crippen LogP) is 4.75. The van der Waals surface area contributed by atoms with Gasteiger partial charge in [0.15, 0.2) is 0 Å². The van der Waals surface area contributed by atoms with Crippen molar-refractivity contribution >= 4 is 24.4 Å². The van der Waals surface area contributed by atoms with Crippen LogP contribution in [-0.4, -0.2) is 0 Å². The Balaban J connectivity index is 2.04. The molecule has 0 N–H and O–H groups in total. The van der Waals surface area contributed by atoms with E-state index in [4.69, 9.17) is 5.63 Å². The van der Waals surface area contributed by atoms with Gasteiger partial charge < -0.3 is 0 Å². The third kappa shape index (κ3) is 4.57. The molecule has 0 aliphatic heterocycles. The molecule has 2 nitrogen and oxygen atoms in total. The first-order valence-corrected chi connectivity index (χ1v) is 18.3. The van der Waals surface area contributed by atoms with Gasteiger partial charge in [-0.3, -0.25) is 0 Å².